The van der Waals surface area contributed by atoms with Gasteiger partial charge in [0.25, 0.3) is 5.91 Å². The molecule has 0 saturated carbocycles. The highest BCUT2D eigenvalue weighted by molar-refractivity contribution is 6.04. The van der Waals surface area contributed by atoms with E-state index in [1.165, 1.54) is 12.3 Å². The van der Waals surface area contributed by atoms with Gasteiger partial charge in [0, 0.05) is 0 Å². The molecule has 4 nitrogen and oxygen atoms in total. The number of pyridine rings is 1. The molecule has 0 aliphatic heterocycles. The lowest BCUT2D eigenvalue weighted by molar-refractivity contribution is 0.102. The van der Waals surface area contributed by atoms with Crippen LogP contribution in [0.1, 0.15) is 15.9 Å². The van der Waals surface area contributed by atoms with E-state index in [1.54, 1.807) is 31.2 Å². The Labute approximate surface area is 104 Å². The number of nitrogens with one attached hydrogen (secondary N) is 1. The maximum atomic E-state index is 13.7. The molecule has 1 amide bonds. The summed E-state index contributed by atoms with van der Waals surface area (Å²) in [7, 11) is 0. The fourth-order valence-corrected chi connectivity index (χ4v) is 1.49. The number of amides is 1. The second-order valence-corrected chi connectivity index (χ2v) is 3.87. The Morgan fingerprint density at radius 1 is 1.33 bits per heavy atom. The van der Waals surface area contributed by atoms with E-state index >= 15 is 0 Å². The Bertz CT molecular complexity index is 581. The average Bonchev–Trinajstić information content (AvgIpc) is 2.35. The van der Waals surface area contributed by atoms with Crippen LogP contribution in [0.15, 0.2) is 36.5 Å². The van der Waals surface area contributed by atoms with Gasteiger partial charge in [-0.1, -0.05) is 12.1 Å². The molecule has 3 N–H and O–H groups in total. The average molecular weight is 245 g/mol. The molecular weight excluding hydrogens is 233 g/mol. The van der Waals surface area contributed by atoms with Gasteiger partial charge in [0.05, 0.1) is 17.4 Å². The summed E-state index contributed by atoms with van der Waals surface area (Å²) in [6, 6.07) is 7.82. The van der Waals surface area contributed by atoms with Gasteiger partial charge in [-0.25, -0.2) is 9.37 Å². The third-order valence-corrected chi connectivity index (χ3v) is 2.46. The van der Waals surface area contributed by atoms with Gasteiger partial charge in [0.15, 0.2) is 0 Å². The van der Waals surface area contributed by atoms with Crippen molar-refractivity contribution in [3.05, 3.63) is 53.5 Å². The molecule has 1 aromatic heterocycles. The third-order valence-electron chi connectivity index (χ3n) is 2.46. The molecule has 0 aliphatic carbocycles. The molecule has 18 heavy (non-hydrogen) atoms. The van der Waals surface area contributed by atoms with Crippen molar-refractivity contribution in [2.45, 2.75) is 6.92 Å². The van der Waals surface area contributed by atoms with E-state index in [2.05, 4.69) is 10.3 Å². The van der Waals surface area contributed by atoms with Gasteiger partial charge in [-0.05, 0) is 30.7 Å². The molecule has 1 heterocycles. The van der Waals surface area contributed by atoms with Crippen molar-refractivity contribution in [2.75, 3.05) is 11.1 Å². The Morgan fingerprint density at radius 2 is 2.11 bits per heavy atom. The van der Waals surface area contributed by atoms with Crippen molar-refractivity contribution in [3.8, 4) is 0 Å². The first-order valence-corrected chi connectivity index (χ1v) is 5.36. The summed E-state index contributed by atoms with van der Waals surface area (Å²) < 4.78 is 13.7. The molecule has 0 bridgehead atoms. The van der Waals surface area contributed by atoms with Gasteiger partial charge < -0.3 is 11.1 Å². The number of carbonyl (C=O) groups is 1. The van der Waals surface area contributed by atoms with Crippen molar-refractivity contribution in [1.29, 1.82) is 0 Å². The van der Waals surface area contributed by atoms with Gasteiger partial charge in [-0.15, -0.1) is 0 Å². The van der Waals surface area contributed by atoms with Crippen LogP contribution in [0.25, 0.3) is 0 Å². The zero-order valence-corrected chi connectivity index (χ0v) is 9.77. The fraction of sp³-hybridized carbons (Fsp3) is 0.0769. The first-order chi connectivity index (χ1) is 8.58. The summed E-state index contributed by atoms with van der Waals surface area (Å²) in [4.78, 5) is 15.8. The minimum absolute atomic E-state index is 0.00590. The van der Waals surface area contributed by atoms with Crippen LogP contribution in [0.5, 0.6) is 0 Å². The van der Waals surface area contributed by atoms with Crippen LogP contribution in [0.2, 0.25) is 0 Å². The first-order valence-electron chi connectivity index (χ1n) is 5.36. The van der Waals surface area contributed by atoms with Crippen LogP contribution >= 0.6 is 0 Å². The van der Waals surface area contributed by atoms with Gasteiger partial charge in [-0.3, -0.25) is 4.79 Å². The minimum Gasteiger partial charge on any atom is -0.397 e. The predicted molar refractivity (Wildman–Crippen MR) is 67.7 cm³/mol. The summed E-state index contributed by atoms with van der Waals surface area (Å²) in [5.74, 6) is -0.728. The van der Waals surface area contributed by atoms with Gasteiger partial charge >= 0.3 is 0 Å². The number of hydrogen-bond acceptors (Lipinski definition) is 3. The lowest BCUT2D eigenvalue weighted by Gasteiger charge is -2.06. The zero-order valence-electron chi connectivity index (χ0n) is 9.77. The summed E-state index contributed by atoms with van der Waals surface area (Å²) in [6.45, 7) is 1.60. The number of benzene rings is 1. The molecule has 92 valence electrons. The Hall–Kier alpha value is -2.43. The molecule has 0 fully saturated rings. The number of aryl methyl sites for hydroxylation is 1. The van der Waals surface area contributed by atoms with Gasteiger partial charge in [0.1, 0.15) is 11.6 Å². The molecule has 2 aromatic rings. The molecule has 0 atom stereocenters. The molecule has 0 aliphatic rings. The lowest BCUT2D eigenvalue weighted by atomic mass is 10.1. The van der Waals surface area contributed by atoms with E-state index in [0.717, 1.165) is 0 Å². The smallest absolute Gasteiger partial charge is 0.259 e. The maximum Gasteiger partial charge on any atom is 0.259 e. The van der Waals surface area contributed by atoms with Crippen LogP contribution in [0, 0.1) is 12.7 Å². The normalized spacial score (nSPS) is 10.1. The van der Waals surface area contributed by atoms with Crippen molar-refractivity contribution < 1.29 is 9.18 Å². The maximum absolute atomic E-state index is 13.7. The van der Waals surface area contributed by atoms with E-state index in [4.69, 9.17) is 5.73 Å². The molecular formula is C13H12FN3O. The summed E-state index contributed by atoms with van der Waals surface area (Å²) in [5.41, 5.74) is 6.39. The van der Waals surface area contributed by atoms with E-state index < -0.39 is 11.7 Å². The highest BCUT2D eigenvalue weighted by Crippen LogP contribution is 2.14. The first kappa shape index (κ1) is 12.0. The van der Waals surface area contributed by atoms with Crippen LogP contribution < -0.4 is 11.1 Å². The third kappa shape index (κ3) is 2.45. The van der Waals surface area contributed by atoms with Crippen molar-refractivity contribution in [3.63, 3.8) is 0 Å². The minimum atomic E-state index is -0.534. The van der Waals surface area contributed by atoms with Crippen molar-refractivity contribution in [1.82, 2.24) is 4.98 Å². The van der Waals surface area contributed by atoms with Crippen LogP contribution in [-0.4, -0.2) is 10.9 Å². The molecule has 0 radical (unpaired) electrons. The SMILES string of the molecule is Cc1cccc(C(=O)Nc2ccc(N)cn2)c1F. The van der Waals surface area contributed by atoms with E-state index in [9.17, 15) is 9.18 Å². The monoisotopic (exact) mass is 245 g/mol. The zero-order chi connectivity index (χ0) is 13.1. The number of anilines is 2. The molecule has 1 aromatic carbocycles. The number of rotatable bonds is 2. The van der Waals surface area contributed by atoms with Crippen LogP contribution in [0.3, 0.4) is 0 Å². The van der Waals surface area contributed by atoms with Gasteiger partial charge in [-0.2, -0.15) is 0 Å². The molecule has 5 heteroatoms. The van der Waals surface area contributed by atoms with E-state index in [-0.39, 0.29) is 5.56 Å². The number of nitrogens with zero attached hydrogens (tertiary/aromatic N) is 1. The second-order valence-electron chi connectivity index (χ2n) is 3.87. The number of aromatic nitrogens is 1. The van der Waals surface area contributed by atoms with Crippen LogP contribution in [-0.2, 0) is 0 Å². The highest BCUT2D eigenvalue weighted by atomic mass is 19.1. The van der Waals surface area contributed by atoms with Crippen molar-refractivity contribution in [2.24, 2.45) is 0 Å². The van der Waals surface area contributed by atoms with Crippen LogP contribution in [0.4, 0.5) is 15.9 Å². The van der Waals surface area contributed by atoms with Gasteiger partial charge in [0.2, 0.25) is 0 Å². The standard InChI is InChI=1S/C13H12FN3O/c1-8-3-2-4-10(12(8)14)13(18)17-11-6-5-9(15)7-16-11/h2-7H,15H2,1H3,(H,16,17,18). The number of nitrogen functional groups attached to an aromatic ring is 1. The molecule has 0 spiro atoms. The van der Waals surface area contributed by atoms with Crippen molar-refractivity contribution >= 4 is 17.4 Å². The number of halogens is 1. The van der Waals surface area contributed by atoms with E-state index in [1.807, 2.05) is 0 Å². The number of nitrogens with two attached hydrogens (primary N) is 1. The molecule has 0 saturated heterocycles. The Kier molecular flexibility index (Phi) is 3.23. The topological polar surface area (TPSA) is 68.0 Å². The fourth-order valence-electron chi connectivity index (χ4n) is 1.49. The predicted octanol–water partition coefficient (Wildman–Crippen LogP) is 2.36. The Balaban J connectivity index is 2.22. The van der Waals surface area contributed by atoms with E-state index in [0.29, 0.717) is 17.1 Å². The Morgan fingerprint density at radius 3 is 2.78 bits per heavy atom. The summed E-state index contributed by atoms with van der Waals surface area (Å²) in [5, 5.41) is 2.51. The summed E-state index contributed by atoms with van der Waals surface area (Å²) >= 11 is 0. The second kappa shape index (κ2) is 4.83. The number of hydrogen-bond donors (Lipinski definition) is 2. The molecule has 0 unspecified atom stereocenters. The quantitative estimate of drug-likeness (QED) is 0.853. The number of carbonyl (C=O) groups excluding carboxylic acids is 1. The summed E-state index contributed by atoms with van der Waals surface area (Å²) in [6.07, 6.45) is 1.42. The largest absolute Gasteiger partial charge is 0.397 e. The molecule has 2 rings (SSSR count). The highest BCUT2D eigenvalue weighted by Gasteiger charge is 2.13. The lowest BCUT2D eigenvalue weighted by Crippen LogP contribution is -2.15.